The molecule has 28 heavy (non-hydrogen) atoms. The van der Waals surface area contributed by atoms with Crippen molar-refractivity contribution >= 4 is 11.6 Å². The van der Waals surface area contributed by atoms with Gasteiger partial charge in [-0.25, -0.2) is 0 Å². The third-order valence-corrected chi connectivity index (χ3v) is 5.14. The molecule has 1 aliphatic rings. The maximum Gasteiger partial charge on any atom is 0.226 e. The summed E-state index contributed by atoms with van der Waals surface area (Å²) in [4.78, 5) is 17.2. The molecule has 1 atom stereocenters. The van der Waals surface area contributed by atoms with Gasteiger partial charge in [-0.3, -0.25) is 4.79 Å². The molecule has 0 saturated carbocycles. The lowest BCUT2D eigenvalue weighted by atomic mass is 10.0. The summed E-state index contributed by atoms with van der Waals surface area (Å²) >= 11 is 0. The molecule has 1 heterocycles. The van der Waals surface area contributed by atoms with Gasteiger partial charge in [0.1, 0.15) is 11.5 Å². The van der Waals surface area contributed by atoms with Gasteiger partial charge in [-0.15, -0.1) is 0 Å². The van der Waals surface area contributed by atoms with Crippen molar-refractivity contribution in [3.05, 3.63) is 18.2 Å². The van der Waals surface area contributed by atoms with Gasteiger partial charge < -0.3 is 29.9 Å². The van der Waals surface area contributed by atoms with Gasteiger partial charge in [-0.1, -0.05) is 0 Å². The van der Waals surface area contributed by atoms with Crippen LogP contribution in [0.4, 0.5) is 5.69 Å². The molecule has 1 unspecified atom stereocenters. The summed E-state index contributed by atoms with van der Waals surface area (Å²) in [5, 5.41) is 6.56. The number of likely N-dealkylation sites (tertiary alicyclic amines) is 1. The number of methoxy groups -OCH3 is 2. The molecule has 1 aromatic carbocycles. The van der Waals surface area contributed by atoms with E-state index < -0.39 is 0 Å². The van der Waals surface area contributed by atoms with Gasteiger partial charge in [0.2, 0.25) is 5.91 Å². The molecule has 1 aliphatic heterocycles. The molecule has 158 valence electrons. The molecule has 2 rings (SSSR count). The first-order valence-corrected chi connectivity index (χ1v) is 10.1. The van der Waals surface area contributed by atoms with Gasteiger partial charge in [0.05, 0.1) is 19.9 Å². The van der Waals surface area contributed by atoms with E-state index >= 15 is 0 Å². The smallest absolute Gasteiger partial charge is 0.226 e. The second-order valence-corrected chi connectivity index (χ2v) is 7.81. The molecule has 0 aliphatic carbocycles. The Labute approximate surface area is 169 Å². The number of amides is 1. The van der Waals surface area contributed by atoms with E-state index in [2.05, 4.69) is 41.5 Å². The van der Waals surface area contributed by atoms with Crippen LogP contribution in [0, 0.1) is 0 Å². The Kier molecular flexibility index (Phi) is 9.02. The number of hydrogen-bond acceptors (Lipinski definition) is 6. The van der Waals surface area contributed by atoms with Crippen LogP contribution in [0.25, 0.3) is 0 Å². The van der Waals surface area contributed by atoms with Crippen LogP contribution in [0.1, 0.15) is 26.2 Å². The standard InChI is InChI=1S/C21H36N4O3/c1-16(22-17-8-10-25(11-9-17)13-12-24(2)3)14-21(26)23-19-15-18(27-4)6-7-20(19)28-5/h6-7,15-17,22H,8-14H2,1-5H3,(H,23,26). The summed E-state index contributed by atoms with van der Waals surface area (Å²) in [5.41, 5.74) is 0.633. The fourth-order valence-electron chi connectivity index (χ4n) is 3.52. The Morgan fingerprint density at radius 3 is 2.57 bits per heavy atom. The van der Waals surface area contributed by atoms with Crippen molar-refractivity contribution in [2.45, 2.75) is 38.3 Å². The number of hydrogen-bond donors (Lipinski definition) is 2. The first kappa shape index (κ1) is 22.5. The maximum atomic E-state index is 12.5. The molecule has 1 aromatic rings. The van der Waals surface area contributed by atoms with E-state index in [0.29, 0.717) is 29.6 Å². The number of nitrogens with zero attached hydrogens (tertiary/aromatic N) is 2. The van der Waals surface area contributed by atoms with E-state index in [9.17, 15) is 4.79 Å². The van der Waals surface area contributed by atoms with E-state index in [4.69, 9.17) is 9.47 Å². The lowest BCUT2D eigenvalue weighted by Gasteiger charge is -2.34. The zero-order chi connectivity index (χ0) is 20.5. The second-order valence-electron chi connectivity index (χ2n) is 7.81. The monoisotopic (exact) mass is 392 g/mol. The Morgan fingerprint density at radius 1 is 1.25 bits per heavy atom. The van der Waals surface area contributed by atoms with Crippen LogP contribution in [0.5, 0.6) is 11.5 Å². The molecule has 0 aromatic heterocycles. The molecule has 1 fully saturated rings. The molecule has 1 saturated heterocycles. The van der Waals surface area contributed by atoms with Crippen molar-refractivity contribution in [1.82, 2.24) is 15.1 Å². The van der Waals surface area contributed by atoms with E-state index in [1.165, 1.54) is 0 Å². The van der Waals surface area contributed by atoms with Crippen LogP contribution in [0.15, 0.2) is 18.2 Å². The lowest BCUT2D eigenvalue weighted by Crippen LogP contribution is -2.47. The third-order valence-electron chi connectivity index (χ3n) is 5.14. The zero-order valence-corrected chi connectivity index (χ0v) is 18.0. The zero-order valence-electron chi connectivity index (χ0n) is 18.0. The second kappa shape index (κ2) is 11.2. The highest BCUT2D eigenvalue weighted by molar-refractivity contribution is 5.92. The van der Waals surface area contributed by atoms with Crippen molar-refractivity contribution in [1.29, 1.82) is 0 Å². The number of carbonyl (C=O) groups excluding carboxylic acids is 1. The minimum atomic E-state index is -0.0324. The van der Waals surface area contributed by atoms with Crippen molar-refractivity contribution in [3.63, 3.8) is 0 Å². The van der Waals surface area contributed by atoms with Crippen LogP contribution >= 0.6 is 0 Å². The number of piperidine rings is 1. The van der Waals surface area contributed by atoms with E-state index in [0.717, 1.165) is 39.0 Å². The van der Waals surface area contributed by atoms with Crippen LogP contribution < -0.4 is 20.1 Å². The van der Waals surface area contributed by atoms with Crippen LogP contribution in [0.2, 0.25) is 0 Å². The molecule has 0 spiro atoms. The number of benzene rings is 1. The minimum absolute atomic E-state index is 0.0324. The van der Waals surface area contributed by atoms with Gasteiger partial charge in [-0.2, -0.15) is 0 Å². The Bertz CT molecular complexity index is 616. The molecule has 7 heteroatoms. The highest BCUT2D eigenvalue weighted by Crippen LogP contribution is 2.29. The van der Waals surface area contributed by atoms with Gasteiger partial charge in [0.25, 0.3) is 0 Å². The van der Waals surface area contributed by atoms with Gasteiger partial charge >= 0.3 is 0 Å². The number of ether oxygens (including phenoxy) is 2. The van der Waals surface area contributed by atoms with Crippen molar-refractivity contribution < 1.29 is 14.3 Å². The summed E-state index contributed by atoms with van der Waals surface area (Å²) in [6.07, 6.45) is 2.67. The highest BCUT2D eigenvalue weighted by Gasteiger charge is 2.21. The molecule has 0 bridgehead atoms. The van der Waals surface area contributed by atoms with Gasteiger partial charge in [0.15, 0.2) is 0 Å². The van der Waals surface area contributed by atoms with Crippen molar-refractivity contribution in [2.24, 2.45) is 0 Å². The summed E-state index contributed by atoms with van der Waals surface area (Å²) < 4.78 is 10.6. The molecule has 1 amide bonds. The quantitative estimate of drug-likeness (QED) is 0.635. The molecular formula is C21H36N4O3. The number of anilines is 1. The fourth-order valence-corrected chi connectivity index (χ4v) is 3.52. The Hall–Kier alpha value is -1.83. The topological polar surface area (TPSA) is 66.1 Å². The van der Waals surface area contributed by atoms with Gasteiger partial charge in [-0.05, 0) is 59.1 Å². The maximum absolute atomic E-state index is 12.5. The largest absolute Gasteiger partial charge is 0.497 e. The molecule has 2 N–H and O–H groups in total. The average Bonchev–Trinajstić information content (AvgIpc) is 2.67. The molecular weight excluding hydrogens is 356 g/mol. The number of nitrogens with one attached hydrogen (secondary N) is 2. The Balaban J connectivity index is 1.76. The fraction of sp³-hybridized carbons (Fsp3) is 0.667. The number of likely N-dealkylation sites (N-methyl/N-ethyl adjacent to an activating group) is 1. The average molecular weight is 393 g/mol. The minimum Gasteiger partial charge on any atom is -0.497 e. The van der Waals surface area contributed by atoms with Crippen molar-refractivity contribution in [2.75, 3.05) is 59.8 Å². The highest BCUT2D eigenvalue weighted by atomic mass is 16.5. The first-order valence-electron chi connectivity index (χ1n) is 10.1. The third kappa shape index (κ3) is 7.30. The summed E-state index contributed by atoms with van der Waals surface area (Å²) in [6.45, 7) is 6.53. The van der Waals surface area contributed by atoms with Crippen LogP contribution in [-0.2, 0) is 4.79 Å². The predicted octanol–water partition coefficient (Wildman–Crippen LogP) is 2.04. The van der Waals surface area contributed by atoms with Gasteiger partial charge in [0, 0.05) is 37.7 Å². The normalized spacial score (nSPS) is 16.8. The lowest BCUT2D eigenvalue weighted by molar-refractivity contribution is -0.116. The van der Waals surface area contributed by atoms with Crippen LogP contribution in [-0.4, -0.2) is 82.3 Å². The first-order chi connectivity index (χ1) is 13.4. The number of carbonyl (C=O) groups is 1. The molecule has 7 nitrogen and oxygen atoms in total. The van der Waals surface area contributed by atoms with E-state index in [1.54, 1.807) is 26.4 Å². The SMILES string of the molecule is COc1ccc(OC)c(NC(=O)CC(C)NC2CCN(CCN(C)C)CC2)c1. The van der Waals surface area contributed by atoms with Crippen LogP contribution in [0.3, 0.4) is 0 Å². The summed E-state index contributed by atoms with van der Waals surface area (Å²) in [5.74, 6) is 1.28. The molecule has 0 radical (unpaired) electrons. The van der Waals surface area contributed by atoms with E-state index in [1.807, 2.05) is 6.07 Å². The summed E-state index contributed by atoms with van der Waals surface area (Å²) in [6, 6.07) is 5.97. The Morgan fingerprint density at radius 2 is 1.96 bits per heavy atom. The predicted molar refractivity (Wildman–Crippen MR) is 113 cm³/mol. The van der Waals surface area contributed by atoms with Crippen molar-refractivity contribution in [3.8, 4) is 11.5 Å². The van der Waals surface area contributed by atoms with E-state index in [-0.39, 0.29) is 11.9 Å². The summed E-state index contributed by atoms with van der Waals surface area (Å²) in [7, 11) is 7.42. The number of rotatable bonds is 10.